The summed E-state index contributed by atoms with van der Waals surface area (Å²) in [5.41, 5.74) is -0.931. The summed E-state index contributed by atoms with van der Waals surface area (Å²) in [6.07, 6.45) is 3.79. The second kappa shape index (κ2) is 7.04. The zero-order valence-corrected chi connectivity index (χ0v) is 13.6. The topological polar surface area (TPSA) is 69.6 Å². The van der Waals surface area contributed by atoms with E-state index in [2.05, 4.69) is 4.72 Å². The van der Waals surface area contributed by atoms with E-state index in [0.717, 1.165) is 25.7 Å². The molecule has 0 saturated carbocycles. The van der Waals surface area contributed by atoms with E-state index >= 15 is 0 Å². The Hall–Kier alpha value is -1.02. The molecule has 1 heterocycles. The monoisotopic (exact) mass is 330 g/mol. The standard InChI is InChI=1S/C15H23FN2O3S/c1-15(19,13-6-8-14(16)9-7-13)12-17-22(20,21)18-10-4-2-3-5-11-18/h6-9,17,19H,2-5,10-12H2,1H3. The number of benzene rings is 1. The van der Waals surface area contributed by atoms with Crippen LogP contribution in [0.25, 0.3) is 0 Å². The number of aliphatic hydroxyl groups is 1. The summed E-state index contributed by atoms with van der Waals surface area (Å²) < 4.78 is 41.5. The first-order valence-corrected chi connectivity index (χ1v) is 8.98. The van der Waals surface area contributed by atoms with Gasteiger partial charge in [-0.3, -0.25) is 0 Å². The number of halogens is 1. The molecule has 1 aliphatic rings. The van der Waals surface area contributed by atoms with Crippen molar-refractivity contribution >= 4 is 10.2 Å². The maximum atomic E-state index is 12.9. The largest absolute Gasteiger partial charge is 0.384 e. The Morgan fingerprint density at radius 2 is 1.73 bits per heavy atom. The second-order valence-electron chi connectivity index (χ2n) is 5.92. The molecule has 0 aliphatic carbocycles. The maximum Gasteiger partial charge on any atom is 0.279 e. The number of hydrogen-bond acceptors (Lipinski definition) is 3. The molecule has 2 N–H and O–H groups in total. The lowest BCUT2D eigenvalue weighted by molar-refractivity contribution is 0.0622. The fraction of sp³-hybridized carbons (Fsp3) is 0.600. The molecule has 1 atom stereocenters. The van der Waals surface area contributed by atoms with Crippen LogP contribution in [0, 0.1) is 5.82 Å². The van der Waals surface area contributed by atoms with Crippen molar-refractivity contribution in [2.75, 3.05) is 19.6 Å². The van der Waals surface area contributed by atoms with Crippen LogP contribution < -0.4 is 4.72 Å². The Kier molecular flexibility index (Phi) is 5.55. The van der Waals surface area contributed by atoms with Gasteiger partial charge in [0.25, 0.3) is 10.2 Å². The Bertz CT molecular complexity index is 579. The third kappa shape index (κ3) is 4.49. The minimum absolute atomic E-state index is 0.155. The van der Waals surface area contributed by atoms with E-state index in [9.17, 15) is 17.9 Å². The molecule has 5 nitrogen and oxygen atoms in total. The smallest absolute Gasteiger partial charge is 0.279 e. The van der Waals surface area contributed by atoms with Crippen LogP contribution in [0.2, 0.25) is 0 Å². The molecule has 7 heteroatoms. The molecule has 2 rings (SSSR count). The first kappa shape index (κ1) is 17.3. The lowest BCUT2D eigenvalue weighted by Crippen LogP contribution is -2.46. The zero-order chi connectivity index (χ0) is 16.2. The Labute approximate surface area is 131 Å². The summed E-state index contributed by atoms with van der Waals surface area (Å²) in [7, 11) is -3.61. The highest BCUT2D eigenvalue weighted by molar-refractivity contribution is 7.87. The van der Waals surface area contributed by atoms with Crippen molar-refractivity contribution in [3.8, 4) is 0 Å². The van der Waals surface area contributed by atoms with E-state index in [1.807, 2.05) is 0 Å². The van der Waals surface area contributed by atoms with Crippen molar-refractivity contribution in [2.45, 2.75) is 38.2 Å². The van der Waals surface area contributed by atoms with E-state index in [1.165, 1.54) is 35.5 Å². The summed E-state index contributed by atoms with van der Waals surface area (Å²) in [6, 6.07) is 5.39. The molecule has 22 heavy (non-hydrogen) atoms. The van der Waals surface area contributed by atoms with Crippen molar-refractivity contribution in [1.29, 1.82) is 0 Å². The minimum Gasteiger partial charge on any atom is -0.384 e. The van der Waals surface area contributed by atoms with Gasteiger partial charge in [-0.25, -0.2) is 4.39 Å². The molecule has 0 aromatic heterocycles. The number of hydrogen-bond donors (Lipinski definition) is 2. The summed E-state index contributed by atoms with van der Waals surface area (Å²) in [4.78, 5) is 0. The van der Waals surface area contributed by atoms with Crippen molar-refractivity contribution < 1.29 is 17.9 Å². The predicted molar refractivity (Wildman–Crippen MR) is 82.9 cm³/mol. The summed E-state index contributed by atoms with van der Waals surface area (Å²) >= 11 is 0. The van der Waals surface area contributed by atoms with Gasteiger partial charge in [0, 0.05) is 19.6 Å². The maximum absolute atomic E-state index is 12.9. The van der Waals surface area contributed by atoms with Gasteiger partial charge in [0.15, 0.2) is 0 Å². The van der Waals surface area contributed by atoms with Crippen LogP contribution in [-0.4, -0.2) is 37.5 Å². The third-order valence-corrected chi connectivity index (χ3v) is 5.52. The highest BCUT2D eigenvalue weighted by Gasteiger charge is 2.28. The van der Waals surface area contributed by atoms with E-state index in [4.69, 9.17) is 0 Å². The second-order valence-corrected chi connectivity index (χ2v) is 7.68. The highest BCUT2D eigenvalue weighted by atomic mass is 32.2. The molecule has 1 fully saturated rings. The van der Waals surface area contributed by atoms with Gasteiger partial charge in [-0.1, -0.05) is 25.0 Å². The highest BCUT2D eigenvalue weighted by Crippen LogP contribution is 2.21. The Morgan fingerprint density at radius 1 is 1.18 bits per heavy atom. The molecule has 124 valence electrons. The van der Waals surface area contributed by atoms with Gasteiger partial charge in [0.05, 0.1) is 0 Å². The summed E-state index contributed by atoms with van der Waals surface area (Å²) in [5.74, 6) is -0.398. The third-order valence-electron chi connectivity index (χ3n) is 3.97. The lowest BCUT2D eigenvalue weighted by Gasteiger charge is -2.27. The molecule has 1 aromatic carbocycles. The van der Waals surface area contributed by atoms with Gasteiger partial charge >= 0.3 is 0 Å². The average Bonchev–Trinajstić information content (AvgIpc) is 2.76. The number of rotatable bonds is 5. The van der Waals surface area contributed by atoms with E-state index < -0.39 is 21.6 Å². The molecule has 0 amide bonds. The molecule has 0 bridgehead atoms. The van der Waals surface area contributed by atoms with E-state index in [-0.39, 0.29) is 6.54 Å². The first-order chi connectivity index (χ1) is 10.3. The average molecular weight is 330 g/mol. The van der Waals surface area contributed by atoms with E-state index in [1.54, 1.807) is 0 Å². The molecule has 1 unspecified atom stereocenters. The Morgan fingerprint density at radius 3 is 2.27 bits per heavy atom. The van der Waals surface area contributed by atoms with Crippen molar-refractivity contribution in [3.63, 3.8) is 0 Å². The molecule has 0 spiro atoms. The number of nitrogens with one attached hydrogen (secondary N) is 1. The molecular weight excluding hydrogens is 307 g/mol. The van der Waals surface area contributed by atoms with Crippen LogP contribution in [0.5, 0.6) is 0 Å². The zero-order valence-electron chi connectivity index (χ0n) is 12.8. The van der Waals surface area contributed by atoms with Crippen LogP contribution >= 0.6 is 0 Å². The first-order valence-electron chi connectivity index (χ1n) is 7.54. The molecule has 0 radical (unpaired) electrons. The van der Waals surface area contributed by atoms with Crippen molar-refractivity contribution in [3.05, 3.63) is 35.6 Å². The molecule has 1 saturated heterocycles. The van der Waals surface area contributed by atoms with Crippen LogP contribution in [-0.2, 0) is 15.8 Å². The van der Waals surface area contributed by atoms with E-state index in [0.29, 0.717) is 18.7 Å². The fourth-order valence-corrected chi connectivity index (χ4v) is 3.90. The van der Waals surface area contributed by atoms with Crippen molar-refractivity contribution in [1.82, 2.24) is 9.03 Å². The van der Waals surface area contributed by atoms with Gasteiger partial charge in [-0.2, -0.15) is 17.4 Å². The van der Waals surface area contributed by atoms with Crippen molar-refractivity contribution in [2.24, 2.45) is 0 Å². The lowest BCUT2D eigenvalue weighted by atomic mass is 9.96. The SMILES string of the molecule is CC(O)(CNS(=O)(=O)N1CCCCCC1)c1ccc(F)cc1. The van der Waals surface area contributed by atoms with Gasteiger partial charge in [-0.15, -0.1) is 0 Å². The predicted octanol–water partition coefficient (Wildman–Crippen LogP) is 1.74. The van der Waals surface area contributed by atoms with Crippen LogP contribution in [0.1, 0.15) is 38.2 Å². The molecular formula is C15H23FN2O3S. The van der Waals surface area contributed by atoms with Crippen LogP contribution in [0.3, 0.4) is 0 Å². The van der Waals surface area contributed by atoms with Gasteiger partial charge in [0.2, 0.25) is 0 Å². The Balaban J connectivity index is 2.02. The van der Waals surface area contributed by atoms with Gasteiger partial charge in [-0.05, 0) is 37.5 Å². The minimum atomic E-state index is -3.61. The fourth-order valence-electron chi connectivity index (χ4n) is 2.52. The van der Waals surface area contributed by atoms with Crippen LogP contribution in [0.4, 0.5) is 4.39 Å². The summed E-state index contributed by atoms with van der Waals surface area (Å²) in [6.45, 7) is 2.37. The summed E-state index contributed by atoms with van der Waals surface area (Å²) in [5, 5.41) is 10.4. The number of nitrogens with zero attached hydrogens (tertiary/aromatic N) is 1. The van der Waals surface area contributed by atoms with Crippen LogP contribution in [0.15, 0.2) is 24.3 Å². The van der Waals surface area contributed by atoms with Gasteiger partial charge < -0.3 is 5.11 Å². The van der Waals surface area contributed by atoms with Gasteiger partial charge in [0.1, 0.15) is 11.4 Å². The molecule has 1 aromatic rings. The molecule has 1 aliphatic heterocycles. The quantitative estimate of drug-likeness (QED) is 0.864. The normalized spacial score (nSPS) is 20.3.